The Morgan fingerprint density at radius 2 is 1.84 bits per heavy atom. The molecule has 2 aromatic carbocycles. The van der Waals surface area contributed by atoms with Crippen LogP contribution in [0, 0.1) is 0 Å². The average molecular weight is 487 g/mol. The molecule has 2 aliphatic rings. The summed E-state index contributed by atoms with van der Waals surface area (Å²) in [6.45, 7) is 0.151. The molecule has 0 aromatic heterocycles. The fourth-order valence-electron chi connectivity index (χ4n) is 4.23. The summed E-state index contributed by atoms with van der Waals surface area (Å²) in [7, 11) is 0. The van der Waals surface area contributed by atoms with Crippen LogP contribution in [0.3, 0.4) is 0 Å². The maximum absolute atomic E-state index is 13.5. The fraction of sp³-hybridized carbons (Fsp3) is 0.348. The largest absolute Gasteiger partial charge is 0.480 e. The summed E-state index contributed by atoms with van der Waals surface area (Å²) in [6, 6.07) is 14.7. The first-order valence-electron chi connectivity index (χ1n) is 10.1. The molecule has 0 saturated carbocycles. The number of halogens is 1. The van der Waals surface area contributed by atoms with Crippen LogP contribution in [0.2, 0.25) is 0 Å². The number of carbonyl (C=O) groups is 3. The number of amides is 2. The van der Waals surface area contributed by atoms with Gasteiger partial charge in [0.25, 0.3) is 0 Å². The van der Waals surface area contributed by atoms with E-state index in [1.165, 1.54) is 4.90 Å². The molecule has 0 radical (unpaired) electrons. The number of fused-ring (bicyclic) bond motifs is 3. The quantitative estimate of drug-likeness (QED) is 0.630. The van der Waals surface area contributed by atoms with Crippen molar-refractivity contribution in [2.75, 3.05) is 13.2 Å². The molecule has 0 bridgehead atoms. The molecular weight excluding hydrogens is 464 g/mol. The molecule has 31 heavy (non-hydrogen) atoms. The van der Waals surface area contributed by atoms with Gasteiger partial charge in [-0.25, -0.2) is 4.79 Å². The Hall–Kier alpha value is -2.71. The number of nitrogens with zero attached hydrogens (tertiary/aromatic N) is 1. The summed E-state index contributed by atoms with van der Waals surface area (Å²) in [6.07, 6.45) is 0.771. The van der Waals surface area contributed by atoms with E-state index >= 15 is 0 Å². The summed E-state index contributed by atoms with van der Waals surface area (Å²) in [5.41, 5.74) is 2.76. The number of alkyl halides is 1. The lowest BCUT2D eigenvalue weighted by Gasteiger charge is -2.40. The molecule has 162 valence electrons. The number of carbonyl (C=O) groups excluding carboxylic acids is 2. The van der Waals surface area contributed by atoms with Crippen LogP contribution in [0.5, 0.6) is 0 Å². The Balaban J connectivity index is 1.59. The Kier molecular flexibility index (Phi) is 6.38. The van der Waals surface area contributed by atoms with Crippen molar-refractivity contribution in [2.45, 2.75) is 35.8 Å². The average Bonchev–Trinajstić information content (AvgIpc) is 2.89. The van der Waals surface area contributed by atoms with Crippen molar-refractivity contribution in [3.63, 3.8) is 0 Å². The van der Waals surface area contributed by atoms with Gasteiger partial charge in [-0.05, 0) is 23.1 Å². The van der Waals surface area contributed by atoms with Crippen LogP contribution in [0.15, 0.2) is 54.6 Å². The van der Waals surface area contributed by atoms with Crippen molar-refractivity contribution in [1.82, 2.24) is 10.2 Å². The molecule has 1 fully saturated rings. The molecular formula is C23H23BrN2O5. The molecule has 0 spiro atoms. The van der Waals surface area contributed by atoms with Gasteiger partial charge in [0.2, 0.25) is 11.8 Å². The summed E-state index contributed by atoms with van der Waals surface area (Å²) >= 11 is 3.43. The molecule has 2 heterocycles. The van der Waals surface area contributed by atoms with Crippen LogP contribution in [0.1, 0.15) is 22.7 Å². The second-order valence-electron chi connectivity index (χ2n) is 7.77. The normalized spacial score (nSPS) is 23.8. The van der Waals surface area contributed by atoms with Crippen molar-refractivity contribution >= 4 is 33.7 Å². The number of carboxylic acid groups (broad SMARTS) is 1. The molecule has 0 aliphatic carbocycles. The summed E-state index contributed by atoms with van der Waals surface area (Å²) in [5, 5.41) is 12.5. The zero-order valence-corrected chi connectivity index (χ0v) is 18.3. The van der Waals surface area contributed by atoms with Crippen LogP contribution >= 0.6 is 15.9 Å². The van der Waals surface area contributed by atoms with E-state index in [0.717, 1.165) is 16.7 Å². The molecule has 2 aliphatic heterocycles. The third-order valence-corrected chi connectivity index (χ3v) is 6.50. The molecule has 4 rings (SSSR count). The lowest BCUT2D eigenvalue weighted by atomic mass is 9.97. The summed E-state index contributed by atoms with van der Waals surface area (Å²) in [4.78, 5) is 39.1. The maximum Gasteiger partial charge on any atom is 0.328 e. The summed E-state index contributed by atoms with van der Waals surface area (Å²) in [5.74, 6) is -1.83. The lowest BCUT2D eigenvalue weighted by molar-refractivity contribution is -0.165. The van der Waals surface area contributed by atoms with Crippen molar-refractivity contribution < 1.29 is 24.2 Å². The van der Waals surface area contributed by atoms with Gasteiger partial charge in [-0.3, -0.25) is 9.59 Å². The molecule has 1 saturated heterocycles. The summed E-state index contributed by atoms with van der Waals surface area (Å²) < 4.78 is 5.53. The van der Waals surface area contributed by atoms with E-state index in [1.807, 2.05) is 54.6 Å². The van der Waals surface area contributed by atoms with Gasteiger partial charge in [-0.1, -0.05) is 70.5 Å². The van der Waals surface area contributed by atoms with Gasteiger partial charge in [0.1, 0.15) is 6.04 Å². The van der Waals surface area contributed by atoms with Gasteiger partial charge >= 0.3 is 5.97 Å². The minimum atomic E-state index is -1.12. The smallest absolute Gasteiger partial charge is 0.328 e. The van der Waals surface area contributed by atoms with Gasteiger partial charge in [-0.15, -0.1) is 0 Å². The predicted octanol–water partition coefficient (Wildman–Crippen LogP) is 2.09. The monoisotopic (exact) mass is 486 g/mol. The Morgan fingerprint density at radius 3 is 2.58 bits per heavy atom. The zero-order valence-electron chi connectivity index (χ0n) is 16.7. The van der Waals surface area contributed by atoms with Crippen LogP contribution in [0.4, 0.5) is 0 Å². The van der Waals surface area contributed by atoms with E-state index in [2.05, 4.69) is 21.2 Å². The van der Waals surface area contributed by atoms with Gasteiger partial charge < -0.3 is 20.1 Å². The molecule has 0 unspecified atom stereocenters. The van der Waals surface area contributed by atoms with Crippen LogP contribution in [0.25, 0.3) is 0 Å². The van der Waals surface area contributed by atoms with Gasteiger partial charge in [-0.2, -0.15) is 0 Å². The molecule has 2 amide bonds. The van der Waals surface area contributed by atoms with Crippen molar-refractivity contribution in [2.24, 2.45) is 0 Å². The number of benzene rings is 2. The van der Waals surface area contributed by atoms with Gasteiger partial charge in [0, 0.05) is 6.42 Å². The molecule has 2 N–H and O–H groups in total. The number of morpholine rings is 1. The van der Waals surface area contributed by atoms with Crippen molar-refractivity contribution in [1.29, 1.82) is 0 Å². The van der Waals surface area contributed by atoms with E-state index in [1.54, 1.807) is 0 Å². The Bertz CT molecular complexity index is 983. The number of carboxylic acids is 1. The first-order valence-corrected chi connectivity index (χ1v) is 11.1. The highest BCUT2D eigenvalue weighted by Crippen LogP contribution is 2.34. The van der Waals surface area contributed by atoms with Gasteiger partial charge in [0.15, 0.2) is 6.04 Å². The van der Waals surface area contributed by atoms with Crippen molar-refractivity contribution in [3.05, 3.63) is 71.3 Å². The highest BCUT2D eigenvalue weighted by atomic mass is 79.9. The van der Waals surface area contributed by atoms with Crippen LogP contribution < -0.4 is 5.32 Å². The van der Waals surface area contributed by atoms with E-state index in [-0.39, 0.29) is 19.1 Å². The van der Waals surface area contributed by atoms with Gasteiger partial charge in [0.05, 0.1) is 24.1 Å². The van der Waals surface area contributed by atoms with E-state index in [9.17, 15) is 19.5 Å². The molecule has 8 heteroatoms. The first kappa shape index (κ1) is 21.5. The highest BCUT2D eigenvalue weighted by Gasteiger charge is 2.45. The van der Waals surface area contributed by atoms with Crippen molar-refractivity contribution in [3.8, 4) is 0 Å². The predicted molar refractivity (Wildman–Crippen MR) is 117 cm³/mol. The number of nitrogens with one attached hydrogen (secondary N) is 1. The number of hydrogen-bond donors (Lipinski definition) is 2. The lowest BCUT2D eigenvalue weighted by Crippen LogP contribution is -2.59. The minimum absolute atomic E-state index is 0.0739. The topological polar surface area (TPSA) is 95.9 Å². The number of aliphatic carboxylic acids is 1. The maximum atomic E-state index is 13.5. The highest BCUT2D eigenvalue weighted by molar-refractivity contribution is 9.10. The third kappa shape index (κ3) is 4.50. The number of rotatable bonds is 5. The number of ether oxygens (including phenoxy) is 1. The SMILES string of the molecule is O=C(N[C@H]1Cc2ccccc2[C@H]2COC[C@@H](C(=O)O)N2C1=O)[C@H](Br)Cc1ccccc1. The van der Waals surface area contributed by atoms with Crippen LogP contribution in [-0.4, -0.2) is 57.9 Å². The minimum Gasteiger partial charge on any atom is -0.480 e. The molecule has 7 nitrogen and oxygen atoms in total. The molecule has 4 atom stereocenters. The number of hydrogen-bond acceptors (Lipinski definition) is 4. The molecule has 2 aromatic rings. The van der Waals surface area contributed by atoms with E-state index < -0.39 is 34.8 Å². The second-order valence-corrected chi connectivity index (χ2v) is 8.88. The van der Waals surface area contributed by atoms with E-state index in [4.69, 9.17) is 4.74 Å². The Morgan fingerprint density at radius 1 is 1.13 bits per heavy atom. The third-order valence-electron chi connectivity index (χ3n) is 5.76. The first-order chi connectivity index (χ1) is 15.0. The Labute approximate surface area is 188 Å². The zero-order chi connectivity index (χ0) is 22.0. The fourth-order valence-corrected chi connectivity index (χ4v) is 4.73. The van der Waals surface area contributed by atoms with Crippen LogP contribution in [-0.2, 0) is 32.0 Å². The standard InChI is InChI=1S/C23H23BrN2O5/c24-17(10-14-6-2-1-3-7-14)21(27)25-18-11-15-8-4-5-9-16(15)19-12-31-13-20(23(29)30)26(19)22(18)28/h1-9,17-20H,10-13H2,(H,25,27)(H,29,30)/t17-,18+,19-,20+/m1/s1. The second kappa shape index (κ2) is 9.20. The van der Waals surface area contributed by atoms with E-state index in [0.29, 0.717) is 12.8 Å².